The second-order valence-electron chi connectivity index (χ2n) is 5.49. The molecule has 1 heterocycles. The molecule has 1 aromatic carbocycles. The zero-order valence-corrected chi connectivity index (χ0v) is 14.2. The third-order valence-corrected chi connectivity index (χ3v) is 3.79. The van der Waals surface area contributed by atoms with Gasteiger partial charge in [-0.1, -0.05) is 12.1 Å². The molecule has 23 heavy (non-hydrogen) atoms. The van der Waals surface area contributed by atoms with Gasteiger partial charge in [0.1, 0.15) is 5.75 Å². The predicted octanol–water partition coefficient (Wildman–Crippen LogP) is 2.00. The maximum absolute atomic E-state index is 9.31. The van der Waals surface area contributed by atoms with E-state index in [2.05, 4.69) is 27.6 Å². The largest absolute Gasteiger partial charge is 0.508 e. The molecule has 0 unspecified atom stereocenters. The standard InChI is InChI=1S/C17H25N5O/c1-5-18-17(19-10-14-6-8-15(23)9-7-14)20-11-16-12(2)21-22(4)13(16)3/h6-9,23H,5,10-11H2,1-4H3,(H2,18,19,20). The van der Waals surface area contributed by atoms with Crippen LogP contribution in [0.4, 0.5) is 0 Å². The van der Waals surface area contributed by atoms with E-state index >= 15 is 0 Å². The van der Waals surface area contributed by atoms with Gasteiger partial charge in [0, 0.05) is 31.4 Å². The molecule has 0 saturated carbocycles. The average molecular weight is 315 g/mol. The molecule has 0 saturated heterocycles. The molecule has 0 spiro atoms. The first kappa shape index (κ1) is 16.9. The highest BCUT2D eigenvalue weighted by molar-refractivity contribution is 5.79. The van der Waals surface area contributed by atoms with Crippen molar-refractivity contribution in [2.24, 2.45) is 12.0 Å². The first-order chi connectivity index (χ1) is 11.0. The number of phenols is 1. The maximum Gasteiger partial charge on any atom is 0.191 e. The van der Waals surface area contributed by atoms with Crippen LogP contribution in [0.15, 0.2) is 29.3 Å². The summed E-state index contributed by atoms with van der Waals surface area (Å²) in [6, 6.07) is 7.09. The van der Waals surface area contributed by atoms with Crippen LogP contribution in [0.5, 0.6) is 5.75 Å². The summed E-state index contributed by atoms with van der Waals surface area (Å²) in [4.78, 5) is 4.58. The molecule has 0 atom stereocenters. The van der Waals surface area contributed by atoms with E-state index in [4.69, 9.17) is 0 Å². The van der Waals surface area contributed by atoms with Gasteiger partial charge < -0.3 is 15.7 Å². The van der Waals surface area contributed by atoms with Crippen LogP contribution >= 0.6 is 0 Å². The van der Waals surface area contributed by atoms with Crippen LogP contribution in [0.1, 0.15) is 29.4 Å². The van der Waals surface area contributed by atoms with E-state index < -0.39 is 0 Å². The fourth-order valence-electron chi connectivity index (χ4n) is 2.36. The van der Waals surface area contributed by atoms with E-state index in [0.717, 1.165) is 29.5 Å². The number of aromatic hydroxyl groups is 1. The number of nitrogens with zero attached hydrogens (tertiary/aromatic N) is 3. The lowest BCUT2D eigenvalue weighted by atomic mass is 10.2. The van der Waals surface area contributed by atoms with E-state index in [1.807, 2.05) is 37.7 Å². The molecule has 0 amide bonds. The molecular weight excluding hydrogens is 290 g/mol. The summed E-state index contributed by atoms with van der Waals surface area (Å²) in [5.74, 6) is 1.04. The number of benzene rings is 1. The van der Waals surface area contributed by atoms with Gasteiger partial charge in [0.15, 0.2) is 5.96 Å². The zero-order valence-electron chi connectivity index (χ0n) is 14.2. The van der Waals surface area contributed by atoms with E-state index in [9.17, 15) is 5.11 Å². The van der Waals surface area contributed by atoms with Crippen molar-refractivity contribution in [2.45, 2.75) is 33.9 Å². The monoisotopic (exact) mass is 315 g/mol. The second-order valence-corrected chi connectivity index (χ2v) is 5.49. The van der Waals surface area contributed by atoms with Gasteiger partial charge in [-0.25, -0.2) is 4.99 Å². The first-order valence-corrected chi connectivity index (χ1v) is 7.80. The number of hydrogen-bond donors (Lipinski definition) is 3. The molecule has 2 aromatic rings. The zero-order chi connectivity index (χ0) is 16.8. The summed E-state index contributed by atoms with van der Waals surface area (Å²) in [5.41, 5.74) is 4.44. The Bertz CT molecular complexity index is 673. The molecule has 0 radical (unpaired) electrons. The van der Waals surface area contributed by atoms with Gasteiger partial charge in [-0.2, -0.15) is 5.10 Å². The van der Waals surface area contributed by atoms with E-state index in [1.54, 1.807) is 12.1 Å². The molecule has 0 bridgehead atoms. The number of aryl methyl sites for hydroxylation is 2. The maximum atomic E-state index is 9.31. The van der Waals surface area contributed by atoms with Crippen LogP contribution < -0.4 is 10.6 Å². The lowest BCUT2D eigenvalue weighted by Gasteiger charge is -2.11. The number of aliphatic imine (C=N–C) groups is 1. The summed E-state index contributed by atoms with van der Waals surface area (Å²) >= 11 is 0. The Kier molecular flexibility index (Phi) is 5.62. The number of nitrogens with one attached hydrogen (secondary N) is 2. The number of phenolic OH excluding ortho intramolecular Hbond substituents is 1. The third-order valence-electron chi connectivity index (χ3n) is 3.79. The van der Waals surface area contributed by atoms with E-state index in [1.165, 1.54) is 5.56 Å². The van der Waals surface area contributed by atoms with Crippen molar-refractivity contribution in [1.82, 2.24) is 20.4 Å². The first-order valence-electron chi connectivity index (χ1n) is 7.80. The van der Waals surface area contributed by atoms with E-state index in [-0.39, 0.29) is 5.75 Å². The van der Waals surface area contributed by atoms with Crippen LogP contribution in [-0.4, -0.2) is 27.4 Å². The second kappa shape index (κ2) is 7.67. The lowest BCUT2D eigenvalue weighted by Crippen LogP contribution is -2.37. The minimum Gasteiger partial charge on any atom is -0.508 e. The lowest BCUT2D eigenvalue weighted by molar-refractivity contribution is 0.475. The van der Waals surface area contributed by atoms with Crippen molar-refractivity contribution in [3.63, 3.8) is 0 Å². The Morgan fingerprint density at radius 3 is 2.48 bits per heavy atom. The Hall–Kier alpha value is -2.50. The van der Waals surface area contributed by atoms with Crippen LogP contribution in [0.3, 0.4) is 0 Å². The van der Waals surface area contributed by atoms with Crippen molar-refractivity contribution < 1.29 is 5.11 Å². The summed E-state index contributed by atoms with van der Waals surface area (Å²) in [5, 5.41) is 20.3. The molecule has 6 heteroatoms. The Morgan fingerprint density at radius 2 is 1.91 bits per heavy atom. The third kappa shape index (κ3) is 4.48. The van der Waals surface area contributed by atoms with Crippen LogP contribution in [0.25, 0.3) is 0 Å². The summed E-state index contributed by atoms with van der Waals surface area (Å²) in [7, 11) is 1.95. The van der Waals surface area contributed by atoms with Gasteiger partial charge in [0.25, 0.3) is 0 Å². The van der Waals surface area contributed by atoms with Gasteiger partial charge in [-0.3, -0.25) is 4.68 Å². The molecule has 124 valence electrons. The summed E-state index contributed by atoms with van der Waals surface area (Å²) in [6.07, 6.45) is 0. The highest BCUT2D eigenvalue weighted by atomic mass is 16.3. The van der Waals surface area contributed by atoms with Crippen LogP contribution in [-0.2, 0) is 20.1 Å². The smallest absolute Gasteiger partial charge is 0.191 e. The van der Waals surface area contributed by atoms with Crippen LogP contribution in [0.2, 0.25) is 0 Å². The topological polar surface area (TPSA) is 74.5 Å². The van der Waals surface area contributed by atoms with Gasteiger partial charge >= 0.3 is 0 Å². The molecule has 3 N–H and O–H groups in total. The highest BCUT2D eigenvalue weighted by Gasteiger charge is 2.09. The molecule has 0 aliphatic carbocycles. The van der Waals surface area contributed by atoms with Crippen molar-refractivity contribution in [3.8, 4) is 5.75 Å². The Morgan fingerprint density at radius 1 is 1.22 bits per heavy atom. The fourth-order valence-corrected chi connectivity index (χ4v) is 2.36. The highest BCUT2D eigenvalue weighted by Crippen LogP contribution is 2.12. The van der Waals surface area contributed by atoms with Gasteiger partial charge in [-0.05, 0) is 38.5 Å². The van der Waals surface area contributed by atoms with E-state index in [0.29, 0.717) is 13.1 Å². The Labute approximate surface area is 137 Å². The predicted molar refractivity (Wildman–Crippen MR) is 92.4 cm³/mol. The number of hydrogen-bond acceptors (Lipinski definition) is 3. The van der Waals surface area contributed by atoms with Gasteiger partial charge in [0.05, 0.1) is 12.2 Å². The fraction of sp³-hybridized carbons (Fsp3) is 0.412. The van der Waals surface area contributed by atoms with Crippen molar-refractivity contribution >= 4 is 5.96 Å². The molecule has 6 nitrogen and oxygen atoms in total. The number of aromatic nitrogens is 2. The van der Waals surface area contributed by atoms with Crippen LogP contribution in [0, 0.1) is 13.8 Å². The Balaban J connectivity index is 2.03. The van der Waals surface area contributed by atoms with Crippen molar-refractivity contribution in [3.05, 3.63) is 46.8 Å². The average Bonchev–Trinajstić information content (AvgIpc) is 2.77. The molecule has 1 aromatic heterocycles. The quantitative estimate of drug-likeness (QED) is 0.583. The molecule has 0 aliphatic heterocycles. The summed E-state index contributed by atoms with van der Waals surface area (Å²) < 4.78 is 1.90. The number of rotatable bonds is 5. The van der Waals surface area contributed by atoms with Crippen molar-refractivity contribution in [2.75, 3.05) is 6.54 Å². The molecule has 2 rings (SSSR count). The minimum atomic E-state index is 0.269. The van der Waals surface area contributed by atoms with Crippen molar-refractivity contribution in [1.29, 1.82) is 0 Å². The van der Waals surface area contributed by atoms with Gasteiger partial charge in [0.2, 0.25) is 0 Å². The van der Waals surface area contributed by atoms with Gasteiger partial charge in [-0.15, -0.1) is 0 Å². The SMILES string of the molecule is CCNC(=NCc1ccc(O)cc1)NCc1c(C)nn(C)c1C. The number of guanidine groups is 1. The molecule has 0 fully saturated rings. The molecule has 0 aliphatic rings. The normalized spacial score (nSPS) is 11.6. The molecular formula is C17H25N5O. The summed E-state index contributed by atoms with van der Waals surface area (Å²) in [6.45, 7) is 8.17. The minimum absolute atomic E-state index is 0.269.